The van der Waals surface area contributed by atoms with Crippen LogP contribution in [0.3, 0.4) is 0 Å². The number of aryl methyl sites for hydroxylation is 1. The molecule has 3 rings (SSSR count). The second-order valence-corrected chi connectivity index (χ2v) is 6.92. The summed E-state index contributed by atoms with van der Waals surface area (Å²) in [6.07, 6.45) is 7.66. The summed E-state index contributed by atoms with van der Waals surface area (Å²) in [5, 5.41) is 3.44. The molecule has 128 valence electrons. The number of nitrogens with zero attached hydrogens (tertiary/aromatic N) is 1. The molecule has 0 unspecified atom stereocenters. The number of hydrogen-bond acceptors (Lipinski definition) is 2. The predicted octanol–water partition coefficient (Wildman–Crippen LogP) is 5.22. The van der Waals surface area contributed by atoms with Crippen molar-refractivity contribution in [1.82, 2.24) is 5.32 Å². The molecule has 2 aromatic rings. The van der Waals surface area contributed by atoms with Crippen molar-refractivity contribution in [2.45, 2.75) is 52.0 Å². The minimum Gasteiger partial charge on any atom is -0.345 e. The van der Waals surface area contributed by atoms with Gasteiger partial charge in [0, 0.05) is 25.0 Å². The normalized spacial score (nSPS) is 13.6. The Bertz CT molecular complexity index is 646. The largest absolute Gasteiger partial charge is 0.345 e. The Morgan fingerprint density at radius 3 is 2.50 bits per heavy atom. The molecular formula is C22H30N2. The van der Waals surface area contributed by atoms with Crippen molar-refractivity contribution in [3.05, 3.63) is 59.2 Å². The third kappa shape index (κ3) is 4.18. The molecule has 1 aliphatic rings. The first-order valence-electron chi connectivity index (χ1n) is 9.43. The molecule has 0 aromatic heterocycles. The first kappa shape index (κ1) is 17.0. The second-order valence-electron chi connectivity index (χ2n) is 6.92. The van der Waals surface area contributed by atoms with Gasteiger partial charge in [-0.25, -0.2) is 0 Å². The first-order chi connectivity index (χ1) is 11.8. The van der Waals surface area contributed by atoms with Crippen molar-refractivity contribution in [3.63, 3.8) is 0 Å². The van der Waals surface area contributed by atoms with Crippen LogP contribution in [-0.4, -0.2) is 13.6 Å². The molecule has 0 amide bonds. The van der Waals surface area contributed by atoms with Gasteiger partial charge < -0.3 is 10.2 Å². The standard InChI is InChI=1S/C22H30N2/c1-3-4-5-6-7-18-8-11-21(12-9-18)24(2)22-13-10-20-17-23-15-14-19(20)16-22/h8-13,16,23H,3-7,14-15,17H2,1-2H3. The summed E-state index contributed by atoms with van der Waals surface area (Å²) in [4.78, 5) is 2.29. The molecule has 0 radical (unpaired) electrons. The summed E-state index contributed by atoms with van der Waals surface area (Å²) in [5.41, 5.74) is 6.94. The zero-order chi connectivity index (χ0) is 16.8. The van der Waals surface area contributed by atoms with Crippen molar-refractivity contribution in [2.24, 2.45) is 0 Å². The molecule has 0 atom stereocenters. The third-order valence-corrected chi connectivity index (χ3v) is 5.11. The quantitative estimate of drug-likeness (QED) is 0.703. The van der Waals surface area contributed by atoms with E-state index in [-0.39, 0.29) is 0 Å². The van der Waals surface area contributed by atoms with Gasteiger partial charge in [0.05, 0.1) is 0 Å². The molecule has 2 nitrogen and oxygen atoms in total. The van der Waals surface area contributed by atoms with E-state index in [1.165, 1.54) is 60.2 Å². The summed E-state index contributed by atoms with van der Waals surface area (Å²) >= 11 is 0. The number of rotatable bonds is 7. The van der Waals surface area contributed by atoms with Gasteiger partial charge in [0.2, 0.25) is 0 Å². The zero-order valence-corrected chi connectivity index (χ0v) is 15.1. The van der Waals surface area contributed by atoms with Crippen molar-refractivity contribution < 1.29 is 0 Å². The highest BCUT2D eigenvalue weighted by atomic mass is 15.1. The number of nitrogens with one attached hydrogen (secondary N) is 1. The number of benzene rings is 2. The fourth-order valence-electron chi connectivity index (χ4n) is 3.46. The highest BCUT2D eigenvalue weighted by Crippen LogP contribution is 2.27. The Labute approximate surface area is 146 Å². The molecular weight excluding hydrogens is 292 g/mol. The van der Waals surface area contributed by atoms with E-state index in [1.807, 2.05) is 0 Å². The third-order valence-electron chi connectivity index (χ3n) is 5.11. The highest BCUT2D eigenvalue weighted by molar-refractivity contribution is 5.64. The minimum atomic E-state index is 1.01. The fourth-order valence-corrected chi connectivity index (χ4v) is 3.46. The first-order valence-corrected chi connectivity index (χ1v) is 9.43. The van der Waals surface area contributed by atoms with Crippen LogP contribution in [0.5, 0.6) is 0 Å². The maximum atomic E-state index is 3.44. The van der Waals surface area contributed by atoms with E-state index in [0.29, 0.717) is 0 Å². The molecule has 0 saturated heterocycles. The number of unbranched alkanes of at least 4 members (excludes halogenated alkanes) is 3. The van der Waals surface area contributed by atoms with E-state index in [1.54, 1.807) is 0 Å². The summed E-state index contributed by atoms with van der Waals surface area (Å²) in [7, 11) is 2.17. The van der Waals surface area contributed by atoms with E-state index >= 15 is 0 Å². The van der Waals surface area contributed by atoms with Crippen LogP contribution in [0.2, 0.25) is 0 Å². The minimum absolute atomic E-state index is 1.01. The molecule has 0 spiro atoms. The summed E-state index contributed by atoms with van der Waals surface area (Å²) in [6.45, 7) is 4.36. The lowest BCUT2D eigenvalue weighted by molar-refractivity contribution is 0.644. The highest BCUT2D eigenvalue weighted by Gasteiger charge is 2.11. The Hall–Kier alpha value is -1.80. The Balaban J connectivity index is 1.65. The number of hydrogen-bond donors (Lipinski definition) is 1. The molecule has 0 aliphatic carbocycles. The van der Waals surface area contributed by atoms with Crippen LogP contribution in [0.15, 0.2) is 42.5 Å². The Morgan fingerprint density at radius 2 is 1.71 bits per heavy atom. The van der Waals surface area contributed by atoms with Crippen LogP contribution in [0.4, 0.5) is 11.4 Å². The number of fused-ring (bicyclic) bond motifs is 1. The zero-order valence-electron chi connectivity index (χ0n) is 15.1. The van der Waals surface area contributed by atoms with Crippen molar-refractivity contribution in [1.29, 1.82) is 0 Å². The lowest BCUT2D eigenvalue weighted by atomic mass is 10.00. The molecule has 1 aliphatic heterocycles. The van der Waals surface area contributed by atoms with Gasteiger partial charge in [-0.2, -0.15) is 0 Å². The molecule has 0 bridgehead atoms. The molecule has 0 saturated carbocycles. The molecule has 1 heterocycles. The Morgan fingerprint density at radius 1 is 0.917 bits per heavy atom. The molecule has 1 N–H and O–H groups in total. The van der Waals surface area contributed by atoms with E-state index in [9.17, 15) is 0 Å². The van der Waals surface area contributed by atoms with Crippen LogP contribution in [-0.2, 0) is 19.4 Å². The lowest BCUT2D eigenvalue weighted by Crippen LogP contribution is -2.23. The lowest BCUT2D eigenvalue weighted by Gasteiger charge is -2.23. The Kier molecular flexibility index (Phi) is 5.92. The summed E-state index contributed by atoms with van der Waals surface area (Å²) in [5.74, 6) is 0. The van der Waals surface area contributed by atoms with Gasteiger partial charge in [0.15, 0.2) is 0 Å². The maximum absolute atomic E-state index is 3.44. The van der Waals surface area contributed by atoms with E-state index in [2.05, 4.69) is 66.7 Å². The van der Waals surface area contributed by atoms with Crippen molar-refractivity contribution >= 4 is 11.4 Å². The summed E-state index contributed by atoms with van der Waals surface area (Å²) < 4.78 is 0. The average Bonchev–Trinajstić information content (AvgIpc) is 2.65. The van der Waals surface area contributed by atoms with E-state index in [4.69, 9.17) is 0 Å². The van der Waals surface area contributed by atoms with Gasteiger partial charge in [-0.15, -0.1) is 0 Å². The fraction of sp³-hybridized carbons (Fsp3) is 0.455. The van der Waals surface area contributed by atoms with Crippen molar-refractivity contribution in [3.8, 4) is 0 Å². The van der Waals surface area contributed by atoms with Crippen LogP contribution >= 0.6 is 0 Å². The molecule has 2 heteroatoms. The van der Waals surface area contributed by atoms with Gasteiger partial charge >= 0.3 is 0 Å². The molecule has 0 fully saturated rings. The smallest absolute Gasteiger partial charge is 0.0411 e. The second kappa shape index (κ2) is 8.34. The number of anilines is 2. The van der Waals surface area contributed by atoms with Gasteiger partial charge in [0.25, 0.3) is 0 Å². The van der Waals surface area contributed by atoms with Gasteiger partial charge in [-0.1, -0.05) is 44.4 Å². The van der Waals surface area contributed by atoms with Crippen LogP contribution in [0.1, 0.15) is 49.3 Å². The monoisotopic (exact) mass is 322 g/mol. The predicted molar refractivity (Wildman–Crippen MR) is 104 cm³/mol. The topological polar surface area (TPSA) is 15.3 Å². The summed E-state index contributed by atoms with van der Waals surface area (Å²) in [6, 6.07) is 16.0. The average molecular weight is 322 g/mol. The van der Waals surface area contributed by atoms with Crippen LogP contribution < -0.4 is 10.2 Å². The van der Waals surface area contributed by atoms with Crippen LogP contribution in [0, 0.1) is 0 Å². The van der Waals surface area contributed by atoms with E-state index < -0.39 is 0 Å². The van der Waals surface area contributed by atoms with Gasteiger partial charge in [0.1, 0.15) is 0 Å². The van der Waals surface area contributed by atoms with Gasteiger partial charge in [-0.3, -0.25) is 0 Å². The van der Waals surface area contributed by atoms with Gasteiger partial charge in [-0.05, 0) is 66.8 Å². The van der Waals surface area contributed by atoms with Crippen molar-refractivity contribution in [2.75, 3.05) is 18.5 Å². The molecule has 24 heavy (non-hydrogen) atoms. The SMILES string of the molecule is CCCCCCc1ccc(N(C)c2ccc3c(c2)CCNC3)cc1. The molecule has 2 aromatic carbocycles. The maximum Gasteiger partial charge on any atom is 0.0411 e. The van der Waals surface area contributed by atoms with E-state index in [0.717, 1.165) is 19.5 Å². The van der Waals surface area contributed by atoms with Crippen LogP contribution in [0.25, 0.3) is 0 Å².